The summed E-state index contributed by atoms with van der Waals surface area (Å²) in [6.07, 6.45) is 6.66. The lowest BCUT2D eigenvalue weighted by Gasteiger charge is -2.31. The van der Waals surface area contributed by atoms with Gasteiger partial charge < -0.3 is 15.0 Å². The van der Waals surface area contributed by atoms with E-state index in [-0.39, 0.29) is 18.2 Å². The van der Waals surface area contributed by atoms with E-state index in [1.165, 1.54) is 0 Å². The summed E-state index contributed by atoms with van der Waals surface area (Å²) in [6.45, 7) is 9.27. The quantitative estimate of drug-likeness (QED) is 0.851. The number of nitrogens with two attached hydrogens (primary N) is 1. The molecule has 0 radical (unpaired) electrons. The first-order valence-corrected chi connectivity index (χ1v) is 9.47. The van der Waals surface area contributed by atoms with Crippen LogP contribution in [0.4, 0.5) is 4.79 Å². The summed E-state index contributed by atoms with van der Waals surface area (Å²) in [5.41, 5.74) is 7.24. The first-order chi connectivity index (χ1) is 12.3. The van der Waals surface area contributed by atoms with Crippen molar-refractivity contribution in [1.29, 1.82) is 0 Å². The van der Waals surface area contributed by atoms with E-state index in [1.54, 1.807) is 0 Å². The maximum absolute atomic E-state index is 12.8. The SMILES string of the molecule is CC(c1cn(CCCN)c2ncccc12)N(C(=O)OC(C)(C)C)C1CC1. The number of pyridine rings is 1. The van der Waals surface area contributed by atoms with Gasteiger partial charge in [-0.15, -0.1) is 0 Å². The maximum Gasteiger partial charge on any atom is 0.411 e. The van der Waals surface area contributed by atoms with Crippen molar-refractivity contribution in [2.45, 2.75) is 71.2 Å². The molecule has 1 aliphatic rings. The number of hydrogen-bond donors (Lipinski definition) is 1. The summed E-state index contributed by atoms with van der Waals surface area (Å²) in [4.78, 5) is 19.3. The van der Waals surface area contributed by atoms with E-state index in [1.807, 2.05) is 37.9 Å². The Morgan fingerprint density at radius 3 is 2.81 bits per heavy atom. The van der Waals surface area contributed by atoms with Crippen LogP contribution >= 0.6 is 0 Å². The molecule has 1 atom stereocenters. The van der Waals surface area contributed by atoms with Crippen LogP contribution in [0.25, 0.3) is 11.0 Å². The van der Waals surface area contributed by atoms with Crippen molar-refractivity contribution in [3.63, 3.8) is 0 Å². The molecule has 1 saturated carbocycles. The number of rotatable bonds is 6. The zero-order valence-electron chi connectivity index (χ0n) is 16.2. The molecule has 0 spiro atoms. The van der Waals surface area contributed by atoms with E-state index in [0.29, 0.717) is 6.54 Å². The minimum Gasteiger partial charge on any atom is -0.444 e. The lowest BCUT2D eigenvalue weighted by atomic mass is 10.1. The van der Waals surface area contributed by atoms with Crippen LogP contribution in [-0.2, 0) is 11.3 Å². The van der Waals surface area contributed by atoms with Crippen LogP contribution in [-0.4, -0.2) is 38.7 Å². The highest BCUT2D eigenvalue weighted by Gasteiger charge is 2.39. The third kappa shape index (κ3) is 4.01. The molecule has 1 aliphatic carbocycles. The molecule has 2 heterocycles. The maximum atomic E-state index is 12.8. The fraction of sp³-hybridized carbons (Fsp3) is 0.600. The number of aryl methyl sites for hydroxylation is 1. The standard InChI is InChI=1S/C20H30N4O2/c1-14(24(15-8-9-15)19(25)26-20(2,3)4)17-13-23(12-6-10-21)18-16(17)7-5-11-22-18/h5,7,11,13-15H,6,8-10,12,21H2,1-4H3. The van der Waals surface area contributed by atoms with Crippen LogP contribution in [0.15, 0.2) is 24.5 Å². The van der Waals surface area contributed by atoms with Gasteiger partial charge in [0.1, 0.15) is 11.2 Å². The van der Waals surface area contributed by atoms with Gasteiger partial charge in [0.2, 0.25) is 0 Å². The number of nitrogens with zero attached hydrogens (tertiary/aromatic N) is 3. The Hall–Kier alpha value is -2.08. The van der Waals surface area contributed by atoms with Crippen LogP contribution in [0, 0.1) is 0 Å². The zero-order chi connectivity index (χ0) is 18.9. The number of carbonyl (C=O) groups is 1. The summed E-state index contributed by atoms with van der Waals surface area (Å²) in [7, 11) is 0. The first-order valence-electron chi connectivity index (χ1n) is 9.47. The Kier molecular flexibility index (Phi) is 5.23. The average Bonchev–Trinajstić information content (AvgIpc) is 3.32. The zero-order valence-corrected chi connectivity index (χ0v) is 16.2. The lowest BCUT2D eigenvalue weighted by Crippen LogP contribution is -2.39. The van der Waals surface area contributed by atoms with E-state index in [0.717, 1.165) is 42.4 Å². The normalized spacial score (nSPS) is 15.9. The number of ether oxygens (including phenoxy) is 1. The molecule has 2 aromatic heterocycles. The largest absolute Gasteiger partial charge is 0.444 e. The summed E-state index contributed by atoms with van der Waals surface area (Å²) in [5.74, 6) is 0. The second kappa shape index (κ2) is 7.27. The summed E-state index contributed by atoms with van der Waals surface area (Å²) in [6, 6.07) is 4.22. The average molecular weight is 358 g/mol. The minimum atomic E-state index is -0.499. The second-order valence-electron chi connectivity index (χ2n) is 8.09. The van der Waals surface area contributed by atoms with Crippen molar-refractivity contribution < 1.29 is 9.53 Å². The highest BCUT2D eigenvalue weighted by atomic mass is 16.6. The van der Waals surface area contributed by atoms with Crippen LogP contribution < -0.4 is 5.73 Å². The third-order valence-corrected chi connectivity index (χ3v) is 4.68. The van der Waals surface area contributed by atoms with Gasteiger partial charge in [0.15, 0.2) is 0 Å². The number of aromatic nitrogens is 2. The molecule has 6 heteroatoms. The number of amides is 1. The molecule has 142 valence electrons. The number of hydrogen-bond acceptors (Lipinski definition) is 4. The van der Waals surface area contributed by atoms with Gasteiger partial charge in [0, 0.05) is 35.9 Å². The molecule has 0 saturated heterocycles. The van der Waals surface area contributed by atoms with Gasteiger partial charge in [0.25, 0.3) is 0 Å². The molecule has 26 heavy (non-hydrogen) atoms. The van der Waals surface area contributed by atoms with Crippen molar-refractivity contribution in [1.82, 2.24) is 14.5 Å². The highest BCUT2D eigenvalue weighted by molar-refractivity contribution is 5.82. The van der Waals surface area contributed by atoms with E-state index in [9.17, 15) is 4.79 Å². The van der Waals surface area contributed by atoms with Gasteiger partial charge in [0.05, 0.1) is 6.04 Å². The molecule has 0 aromatic carbocycles. The molecule has 6 nitrogen and oxygen atoms in total. The predicted molar refractivity (Wildman–Crippen MR) is 103 cm³/mol. The lowest BCUT2D eigenvalue weighted by molar-refractivity contribution is 0.0154. The molecule has 1 unspecified atom stereocenters. The number of carbonyl (C=O) groups excluding carboxylic acids is 1. The molecule has 0 aliphatic heterocycles. The van der Waals surface area contributed by atoms with Gasteiger partial charge in [-0.3, -0.25) is 4.90 Å². The smallest absolute Gasteiger partial charge is 0.411 e. The van der Waals surface area contributed by atoms with E-state index >= 15 is 0 Å². The van der Waals surface area contributed by atoms with Gasteiger partial charge >= 0.3 is 6.09 Å². The first kappa shape index (κ1) is 18.7. The van der Waals surface area contributed by atoms with Crippen LogP contribution in [0.1, 0.15) is 58.6 Å². The summed E-state index contributed by atoms with van der Waals surface area (Å²) in [5, 5.41) is 1.09. The van der Waals surface area contributed by atoms with Crippen molar-refractivity contribution in [3.05, 3.63) is 30.1 Å². The highest BCUT2D eigenvalue weighted by Crippen LogP contribution is 2.38. The van der Waals surface area contributed by atoms with Gasteiger partial charge in [-0.1, -0.05) is 0 Å². The monoisotopic (exact) mass is 358 g/mol. The van der Waals surface area contributed by atoms with Crippen LogP contribution in [0.2, 0.25) is 0 Å². The van der Waals surface area contributed by atoms with Crippen molar-refractivity contribution in [3.8, 4) is 0 Å². The fourth-order valence-corrected chi connectivity index (χ4v) is 3.36. The Bertz CT molecular complexity index is 774. The molecule has 2 aromatic rings. The van der Waals surface area contributed by atoms with Crippen LogP contribution in [0.5, 0.6) is 0 Å². The van der Waals surface area contributed by atoms with Gasteiger partial charge in [-0.05, 0) is 65.6 Å². The Balaban J connectivity index is 1.94. The topological polar surface area (TPSA) is 73.4 Å². The molecular weight excluding hydrogens is 328 g/mol. The molecule has 1 fully saturated rings. The van der Waals surface area contributed by atoms with Crippen molar-refractivity contribution >= 4 is 17.1 Å². The van der Waals surface area contributed by atoms with E-state index in [2.05, 4.69) is 28.7 Å². The second-order valence-corrected chi connectivity index (χ2v) is 8.09. The van der Waals surface area contributed by atoms with Gasteiger partial charge in [-0.2, -0.15) is 0 Å². The molecule has 3 rings (SSSR count). The fourth-order valence-electron chi connectivity index (χ4n) is 3.36. The van der Waals surface area contributed by atoms with Crippen molar-refractivity contribution in [2.75, 3.05) is 6.54 Å². The van der Waals surface area contributed by atoms with Crippen molar-refractivity contribution in [2.24, 2.45) is 5.73 Å². The van der Waals surface area contributed by atoms with Gasteiger partial charge in [-0.25, -0.2) is 9.78 Å². The molecule has 0 bridgehead atoms. The summed E-state index contributed by atoms with van der Waals surface area (Å²) < 4.78 is 7.82. The Labute approximate surface area is 155 Å². The third-order valence-electron chi connectivity index (χ3n) is 4.68. The molecule has 1 amide bonds. The Morgan fingerprint density at radius 2 is 2.19 bits per heavy atom. The van der Waals surface area contributed by atoms with E-state index < -0.39 is 5.60 Å². The van der Waals surface area contributed by atoms with Crippen LogP contribution in [0.3, 0.4) is 0 Å². The molecule has 2 N–H and O–H groups in total. The number of fused-ring (bicyclic) bond motifs is 1. The van der Waals surface area contributed by atoms with E-state index in [4.69, 9.17) is 10.5 Å². The predicted octanol–water partition coefficient (Wildman–Crippen LogP) is 3.85. The summed E-state index contributed by atoms with van der Waals surface area (Å²) >= 11 is 0. The minimum absolute atomic E-state index is 0.0665. The Morgan fingerprint density at radius 1 is 1.46 bits per heavy atom. The molecular formula is C20H30N4O2.